The van der Waals surface area contributed by atoms with Crippen LogP contribution in [0, 0.1) is 6.92 Å². The number of ether oxygens (including phenoxy) is 1. The van der Waals surface area contributed by atoms with Crippen molar-refractivity contribution in [3.05, 3.63) is 64.7 Å². The largest absolute Gasteiger partial charge is 0.416 e. The van der Waals surface area contributed by atoms with E-state index in [1.807, 2.05) is 0 Å². The summed E-state index contributed by atoms with van der Waals surface area (Å²) in [6, 6.07) is 9.21. The molecule has 3 rings (SSSR count). The first-order valence-electron chi connectivity index (χ1n) is 9.43. The van der Waals surface area contributed by atoms with Crippen LogP contribution in [0.1, 0.15) is 27.0 Å². The molecular formula is C21H22F3N3O3. The molecular weight excluding hydrogens is 399 g/mol. The van der Waals surface area contributed by atoms with Crippen LogP contribution < -0.4 is 10.6 Å². The first-order valence-corrected chi connectivity index (χ1v) is 9.43. The van der Waals surface area contributed by atoms with Gasteiger partial charge in [0.15, 0.2) is 0 Å². The van der Waals surface area contributed by atoms with Crippen molar-refractivity contribution >= 4 is 17.6 Å². The maximum Gasteiger partial charge on any atom is 0.416 e. The van der Waals surface area contributed by atoms with Gasteiger partial charge in [-0.15, -0.1) is 0 Å². The van der Waals surface area contributed by atoms with Crippen LogP contribution in [-0.2, 0) is 17.5 Å². The summed E-state index contributed by atoms with van der Waals surface area (Å²) in [5, 5.41) is 5.19. The number of benzene rings is 2. The second-order valence-corrected chi connectivity index (χ2v) is 6.89. The molecule has 0 bridgehead atoms. The lowest BCUT2D eigenvalue weighted by molar-refractivity contribution is -0.137. The summed E-state index contributed by atoms with van der Waals surface area (Å²) < 4.78 is 43.7. The zero-order valence-electron chi connectivity index (χ0n) is 16.4. The smallest absolute Gasteiger partial charge is 0.378 e. The maximum absolute atomic E-state index is 12.8. The van der Waals surface area contributed by atoms with Gasteiger partial charge in [-0.1, -0.05) is 18.2 Å². The van der Waals surface area contributed by atoms with E-state index in [4.69, 9.17) is 4.74 Å². The van der Waals surface area contributed by atoms with Gasteiger partial charge in [0.05, 0.1) is 18.8 Å². The highest BCUT2D eigenvalue weighted by molar-refractivity contribution is 5.99. The Bertz CT molecular complexity index is 925. The highest BCUT2D eigenvalue weighted by Gasteiger charge is 2.30. The molecule has 0 aromatic heterocycles. The molecule has 1 aliphatic heterocycles. The fraction of sp³-hybridized carbons (Fsp3) is 0.333. The van der Waals surface area contributed by atoms with E-state index in [9.17, 15) is 22.8 Å². The van der Waals surface area contributed by atoms with Crippen LogP contribution in [0.15, 0.2) is 42.5 Å². The molecule has 0 atom stereocenters. The minimum Gasteiger partial charge on any atom is -0.378 e. The average molecular weight is 421 g/mol. The third-order valence-corrected chi connectivity index (χ3v) is 4.82. The van der Waals surface area contributed by atoms with Gasteiger partial charge in [0.1, 0.15) is 0 Å². The molecule has 6 nitrogen and oxygen atoms in total. The van der Waals surface area contributed by atoms with E-state index >= 15 is 0 Å². The van der Waals surface area contributed by atoms with Crippen LogP contribution in [0.4, 0.5) is 23.7 Å². The predicted octanol–water partition coefficient (Wildman–Crippen LogP) is 3.81. The van der Waals surface area contributed by atoms with Crippen molar-refractivity contribution in [2.75, 3.05) is 31.6 Å². The van der Waals surface area contributed by atoms with E-state index in [0.29, 0.717) is 48.7 Å². The lowest BCUT2D eigenvalue weighted by Crippen LogP contribution is -2.41. The van der Waals surface area contributed by atoms with E-state index in [0.717, 1.165) is 12.1 Å². The summed E-state index contributed by atoms with van der Waals surface area (Å²) in [6.45, 7) is 3.65. The van der Waals surface area contributed by atoms with Crippen molar-refractivity contribution in [1.82, 2.24) is 10.2 Å². The SMILES string of the molecule is Cc1c(NC(=O)NCc2cccc(C(F)(F)F)c2)cccc1C(=O)N1CCOCC1. The lowest BCUT2D eigenvalue weighted by atomic mass is 10.1. The first-order chi connectivity index (χ1) is 14.3. The number of hydrogen-bond donors (Lipinski definition) is 2. The molecule has 0 spiro atoms. The second-order valence-electron chi connectivity index (χ2n) is 6.89. The number of carbonyl (C=O) groups is 2. The van der Waals surface area contributed by atoms with E-state index in [-0.39, 0.29) is 12.5 Å². The van der Waals surface area contributed by atoms with Crippen LogP contribution in [0.2, 0.25) is 0 Å². The molecule has 1 heterocycles. The van der Waals surface area contributed by atoms with Gasteiger partial charge in [-0.05, 0) is 42.3 Å². The highest BCUT2D eigenvalue weighted by Crippen LogP contribution is 2.29. The molecule has 2 N–H and O–H groups in total. The standard InChI is InChI=1S/C21H22F3N3O3/c1-14-17(19(28)27-8-10-30-11-9-27)6-3-7-18(14)26-20(29)25-13-15-4-2-5-16(12-15)21(22,23)24/h2-7,12H,8-11,13H2,1H3,(H2,25,26,29). The normalized spacial score (nSPS) is 14.3. The van der Waals surface area contributed by atoms with Gasteiger partial charge in [0, 0.05) is 30.9 Å². The number of amides is 3. The molecule has 1 aliphatic rings. The van der Waals surface area contributed by atoms with Crippen molar-refractivity contribution in [2.45, 2.75) is 19.6 Å². The second kappa shape index (κ2) is 9.17. The number of rotatable bonds is 4. The van der Waals surface area contributed by atoms with Gasteiger partial charge in [-0.3, -0.25) is 4.79 Å². The molecule has 1 saturated heterocycles. The van der Waals surface area contributed by atoms with Crippen molar-refractivity contribution < 1.29 is 27.5 Å². The zero-order chi connectivity index (χ0) is 21.7. The molecule has 0 saturated carbocycles. The molecule has 160 valence electrons. The third-order valence-electron chi connectivity index (χ3n) is 4.82. The Labute approximate surface area is 172 Å². The monoisotopic (exact) mass is 421 g/mol. The summed E-state index contributed by atoms with van der Waals surface area (Å²) in [4.78, 5) is 26.7. The van der Waals surface area contributed by atoms with E-state index in [1.54, 1.807) is 30.0 Å². The molecule has 0 radical (unpaired) electrons. The molecule has 30 heavy (non-hydrogen) atoms. The quantitative estimate of drug-likeness (QED) is 0.789. The summed E-state index contributed by atoms with van der Waals surface area (Å²) in [7, 11) is 0. The summed E-state index contributed by atoms with van der Waals surface area (Å²) in [6.07, 6.45) is -4.44. The Balaban J connectivity index is 1.64. The van der Waals surface area contributed by atoms with E-state index < -0.39 is 17.8 Å². The highest BCUT2D eigenvalue weighted by atomic mass is 19.4. The Morgan fingerprint density at radius 3 is 2.50 bits per heavy atom. The fourth-order valence-electron chi connectivity index (χ4n) is 3.15. The number of urea groups is 1. The minimum atomic E-state index is -4.44. The van der Waals surface area contributed by atoms with Crippen molar-refractivity contribution in [3.63, 3.8) is 0 Å². The third kappa shape index (κ3) is 5.29. The molecule has 0 aliphatic carbocycles. The fourth-order valence-corrected chi connectivity index (χ4v) is 3.15. The van der Waals surface area contributed by atoms with Gasteiger partial charge in [-0.25, -0.2) is 4.79 Å². The summed E-state index contributed by atoms with van der Waals surface area (Å²) >= 11 is 0. The summed E-state index contributed by atoms with van der Waals surface area (Å²) in [5.41, 5.74) is 1.10. The van der Waals surface area contributed by atoms with Gasteiger partial charge in [0.2, 0.25) is 0 Å². The number of nitrogens with zero attached hydrogens (tertiary/aromatic N) is 1. The Hall–Kier alpha value is -3.07. The van der Waals surface area contributed by atoms with Crippen LogP contribution in [0.3, 0.4) is 0 Å². The van der Waals surface area contributed by atoms with Crippen LogP contribution >= 0.6 is 0 Å². The van der Waals surface area contributed by atoms with Crippen molar-refractivity contribution in [1.29, 1.82) is 0 Å². The van der Waals surface area contributed by atoms with E-state index in [1.165, 1.54) is 12.1 Å². The number of morpholine rings is 1. The molecule has 9 heteroatoms. The molecule has 2 aromatic rings. The lowest BCUT2D eigenvalue weighted by Gasteiger charge is -2.27. The van der Waals surface area contributed by atoms with Crippen LogP contribution in [0.25, 0.3) is 0 Å². The average Bonchev–Trinajstić information content (AvgIpc) is 2.73. The number of alkyl halides is 3. The van der Waals surface area contributed by atoms with Gasteiger partial charge < -0.3 is 20.3 Å². The van der Waals surface area contributed by atoms with Gasteiger partial charge in [-0.2, -0.15) is 13.2 Å². The molecule has 2 aromatic carbocycles. The Morgan fingerprint density at radius 1 is 1.10 bits per heavy atom. The number of nitrogens with one attached hydrogen (secondary N) is 2. The molecule has 3 amide bonds. The predicted molar refractivity (Wildman–Crippen MR) is 105 cm³/mol. The first kappa shape index (κ1) is 21.6. The van der Waals surface area contributed by atoms with Crippen molar-refractivity contribution in [2.24, 2.45) is 0 Å². The number of anilines is 1. The number of hydrogen-bond acceptors (Lipinski definition) is 3. The molecule has 1 fully saturated rings. The van der Waals surface area contributed by atoms with Crippen LogP contribution in [-0.4, -0.2) is 43.1 Å². The topological polar surface area (TPSA) is 70.7 Å². The zero-order valence-corrected chi connectivity index (χ0v) is 16.4. The van der Waals surface area contributed by atoms with Gasteiger partial charge in [0.25, 0.3) is 5.91 Å². The number of carbonyl (C=O) groups excluding carboxylic acids is 2. The van der Waals surface area contributed by atoms with Crippen LogP contribution in [0.5, 0.6) is 0 Å². The maximum atomic E-state index is 12.8. The molecule has 0 unspecified atom stereocenters. The van der Waals surface area contributed by atoms with Gasteiger partial charge >= 0.3 is 12.2 Å². The Morgan fingerprint density at radius 2 is 1.80 bits per heavy atom. The summed E-state index contributed by atoms with van der Waals surface area (Å²) in [5.74, 6) is -0.135. The number of halogens is 3. The van der Waals surface area contributed by atoms with Crippen molar-refractivity contribution in [3.8, 4) is 0 Å². The van der Waals surface area contributed by atoms with E-state index in [2.05, 4.69) is 10.6 Å². The Kier molecular flexibility index (Phi) is 6.61. The minimum absolute atomic E-state index is 0.0683.